The van der Waals surface area contributed by atoms with Crippen molar-refractivity contribution in [3.8, 4) is 0 Å². The Morgan fingerprint density at radius 2 is 2.05 bits per heavy atom. The van der Waals surface area contributed by atoms with Gasteiger partial charge in [-0.25, -0.2) is 0 Å². The summed E-state index contributed by atoms with van der Waals surface area (Å²) in [6.07, 6.45) is 7.67. The summed E-state index contributed by atoms with van der Waals surface area (Å²) in [6, 6.07) is 0. The van der Waals surface area contributed by atoms with Gasteiger partial charge in [-0.3, -0.25) is 4.79 Å². The molecule has 4 aliphatic rings. The molecule has 1 N–H and O–H groups in total. The van der Waals surface area contributed by atoms with Crippen LogP contribution >= 0.6 is 0 Å². The smallest absolute Gasteiger partial charge is 0.306 e. The van der Waals surface area contributed by atoms with Crippen molar-refractivity contribution in [3.63, 3.8) is 0 Å². The molecule has 0 aromatic heterocycles. The molecule has 4 rings (SSSR count). The zero-order valence-corrected chi connectivity index (χ0v) is 13.9. The van der Waals surface area contributed by atoms with Gasteiger partial charge in [-0.2, -0.15) is 0 Å². The third-order valence-electron chi connectivity index (χ3n) is 7.61. The zero-order chi connectivity index (χ0) is 15.5. The van der Waals surface area contributed by atoms with E-state index in [9.17, 15) is 9.90 Å². The van der Waals surface area contributed by atoms with Crippen LogP contribution in [0.25, 0.3) is 0 Å². The minimum atomic E-state index is 0.00496. The highest BCUT2D eigenvalue weighted by atomic mass is 16.5. The lowest BCUT2D eigenvalue weighted by molar-refractivity contribution is -0.170. The van der Waals surface area contributed by atoms with Gasteiger partial charge in [0.2, 0.25) is 0 Å². The Morgan fingerprint density at radius 1 is 1.23 bits per heavy atom. The van der Waals surface area contributed by atoms with Crippen molar-refractivity contribution in [2.24, 2.45) is 28.6 Å². The molecule has 22 heavy (non-hydrogen) atoms. The maximum absolute atomic E-state index is 11.7. The lowest BCUT2D eigenvalue weighted by atomic mass is 9.51. The number of aliphatic hydroxyl groups excluding tert-OH is 1. The highest BCUT2D eigenvalue weighted by Crippen LogP contribution is 2.61. The van der Waals surface area contributed by atoms with E-state index in [1.807, 2.05) is 0 Å². The third-order valence-corrected chi connectivity index (χ3v) is 7.61. The number of esters is 1. The van der Waals surface area contributed by atoms with Gasteiger partial charge in [-0.1, -0.05) is 25.0 Å². The fourth-order valence-electron chi connectivity index (χ4n) is 6.12. The van der Waals surface area contributed by atoms with Crippen LogP contribution in [0.3, 0.4) is 0 Å². The van der Waals surface area contributed by atoms with Gasteiger partial charge in [-0.15, -0.1) is 0 Å². The van der Waals surface area contributed by atoms with Crippen molar-refractivity contribution in [1.82, 2.24) is 0 Å². The fraction of sp³-hybridized carbons (Fsp3) is 0.842. The summed E-state index contributed by atoms with van der Waals surface area (Å²) in [5, 5.41) is 9.84. The average molecular weight is 304 g/mol. The quantitative estimate of drug-likeness (QED) is 0.596. The van der Waals surface area contributed by atoms with E-state index >= 15 is 0 Å². The van der Waals surface area contributed by atoms with Gasteiger partial charge in [0.1, 0.15) is 0 Å². The van der Waals surface area contributed by atoms with Crippen molar-refractivity contribution in [1.29, 1.82) is 0 Å². The Hall–Kier alpha value is -0.830. The summed E-state index contributed by atoms with van der Waals surface area (Å²) < 4.78 is 5.48. The molecule has 0 bridgehead atoms. The molecule has 0 aromatic carbocycles. The molecule has 1 heterocycles. The van der Waals surface area contributed by atoms with Crippen LogP contribution in [-0.2, 0) is 9.53 Å². The van der Waals surface area contributed by atoms with Crippen LogP contribution in [-0.4, -0.2) is 24.3 Å². The van der Waals surface area contributed by atoms with E-state index in [4.69, 9.17) is 4.74 Å². The lowest BCUT2D eigenvalue weighted by Crippen LogP contribution is -2.51. The van der Waals surface area contributed by atoms with Crippen molar-refractivity contribution in [3.05, 3.63) is 11.1 Å². The molecule has 2 fully saturated rings. The number of carbonyl (C=O) groups is 1. The molecule has 1 aliphatic heterocycles. The van der Waals surface area contributed by atoms with Gasteiger partial charge in [0.05, 0.1) is 13.2 Å². The number of aliphatic hydroxyl groups is 1. The van der Waals surface area contributed by atoms with E-state index < -0.39 is 0 Å². The van der Waals surface area contributed by atoms with Gasteiger partial charge in [0, 0.05) is 17.3 Å². The number of hydrogen-bond acceptors (Lipinski definition) is 3. The Bertz CT molecular complexity index is 537. The largest absolute Gasteiger partial charge is 0.465 e. The van der Waals surface area contributed by atoms with Crippen LogP contribution < -0.4 is 0 Å². The predicted octanol–water partition coefficient (Wildman–Crippen LogP) is 3.46. The Kier molecular flexibility index (Phi) is 3.24. The standard InChI is InChI=1S/C19H28O3/c1-18(10-20)8-7-14-13-4-3-12-9-17(21)22-11-19(12,2)16(13)6-5-15(14)18/h12-13,16,20H,3-11H2,1-2H3. The van der Waals surface area contributed by atoms with Crippen molar-refractivity contribution < 1.29 is 14.6 Å². The molecule has 5 unspecified atom stereocenters. The Balaban J connectivity index is 1.67. The number of carbonyl (C=O) groups excluding carboxylic acids is 1. The first-order valence-electron chi connectivity index (χ1n) is 8.97. The Labute approximate surface area is 133 Å². The number of ether oxygens (including phenoxy) is 1. The summed E-state index contributed by atoms with van der Waals surface area (Å²) in [7, 11) is 0. The predicted molar refractivity (Wildman–Crippen MR) is 84.1 cm³/mol. The Morgan fingerprint density at radius 3 is 2.82 bits per heavy atom. The van der Waals surface area contributed by atoms with Crippen molar-refractivity contribution in [2.75, 3.05) is 13.2 Å². The first-order chi connectivity index (χ1) is 10.5. The van der Waals surface area contributed by atoms with E-state index in [0.717, 1.165) is 12.8 Å². The number of cyclic esters (lactones) is 1. The monoisotopic (exact) mass is 304 g/mol. The molecule has 122 valence electrons. The summed E-state index contributed by atoms with van der Waals surface area (Å²) in [6.45, 7) is 5.52. The molecule has 0 amide bonds. The van der Waals surface area contributed by atoms with E-state index in [1.165, 1.54) is 25.7 Å². The molecule has 1 saturated carbocycles. The molecule has 0 radical (unpaired) electrons. The highest BCUT2D eigenvalue weighted by molar-refractivity contribution is 5.70. The van der Waals surface area contributed by atoms with E-state index in [2.05, 4.69) is 13.8 Å². The second kappa shape index (κ2) is 4.83. The normalized spacial score (nSPS) is 47.6. The maximum atomic E-state index is 11.7. The van der Waals surface area contributed by atoms with Crippen LogP contribution in [0.1, 0.15) is 58.8 Å². The van der Waals surface area contributed by atoms with Gasteiger partial charge in [0.25, 0.3) is 0 Å². The zero-order valence-electron chi connectivity index (χ0n) is 13.9. The molecular weight excluding hydrogens is 276 g/mol. The summed E-state index contributed by atoms with van der Waals surface area (Å²) >= 11 is 0. The summed E-state index contributed by atoms with van der Waals surface area (Å²) in [5.74, 6) is 1.86. The summed E-state index contributed by atoms with van der Waals surface area (Å²) in [5.41, 5.74) is 3.46. The first kappa shape index (κ1) is 14.7. The fourth-order valence-corrected chi connectivity index (χ4v) is 6.12. The molecule has 0 spiro atoms. The lowest BCUT2D eigenvalue weighted by Gasteiger charge is -2.55. The molecule has 5 atom stereocenters. The SMILES string of the molecule is CC1(CO)CCC2=C1CCC1C2CCC2CC(=O)OCC21C. The van der Waals surface area contributed by atoms with E-state index in [0.29, 0.717) is 37.4 Å². The van der Waals surface area contributed by atoms with Crippen LogP contribution in [0.4, 0.5) is 0 Å². The van der Waals surface area contributed by atoms with Crippen LogP contribution in [0.2, 0.25) is 0 Å². The number of rotatable bonds is 1. The highest BCUT2D eigenvalue weighted by Gasteiger charge is 2.55. The minimum absolute atomic E-state index is 0.00496. The van der Waals surface area contributed by atoms with Crippen LogP contribution in [0, 0.1) is 28.6 Å². The number of allylic oxidation sites excluding steroid dienone is 1. The molecule has 1 saturated heterocycles. The molecule has 3 nitrogen and oxygen atoms in total. The van der Waals surface area contributed by atoms with Crippen molar-refractivity contribution in [2.45, 2.75) is 58.8 Å². The second-order valence-electron chi connectivity index (χ2n) is 8.62. The molecule has 3 aliphatic carbocycles. The van der Waals surface area contributed by atoms with Gasteiger partial charge < -0.3 is 9.84 Å². The average Bonchev–Trinajstić information content (AvgIpc) is 2.86. The third kappa shape index (κ3) is 1.87. The second-order valence-corrected chi connectivity index (χ2v) is 8.62. The van der Waals surface area contributed by atoms with Crippen LogP contribution in [0.15, 0.2) is 11.1 Å². The molecular formula is C19H28O3. The van der Waals surface area contributed by atoms with E-state index in [1.54, 1.807) is 11.1 Å². The van der Waals surface area contributed by atoms with Crippen molar-refractivity contribution >= 4 is 5.97 Å². The van der Waals surface area contributed by atoms with Gasteiger partial charge in [0.15, 0.2) is 0 Å². The minimum Gasteiger partial charge on any atom is -0.465 e. The summed E-state index contributed by atoms with van der Waals surface area (Å²) in [4.78, 5) is 11.7. The maximum Gasteiger partial charge on any atom is 0.306 e. The molecule has 0 aromatic rings. The van der Waals surface area contributed by atoms with Gasteiger partial charge >= 0.3 is 5.97 Å². The van der Waals surface area contributed by atoms with E-state index in [-0.39, 0.29) is 16.8 Å². The number of hydrogen-bond donors (Lipinski definition) is 1. The number of fused-ring (bicyclic) bond motifs is 4. The first-order valence-corrected chi connectivity index (χ1v) is 8.97. The molecule has 3 heteroatoms. The van der Waals surface area contributed by atoms with Crippen LogP contribution in [0.5, 0.6) is 0 Å². The topological polar surface area (TPSA) is 46.5 Å². The van der Waals surface area contributed by atoms with Gasteiger partial charge in [-0.05, 0) is 56.3 Å².